The van der Waals surface area contributed by atoms with Gasteiger partial charge in [-0.1, -0.05) is 36.4 Å². The van der Waals surface area contributed by atoms with Crippen LogP contribution in [0.2, 0.25) is 0 Å². The molecule has 11 nitrogen and oxygen atoms in total. The van der Waals surface area contributed by atoms with Crippen LogP contribution in [0.4, 0.5) is 4.39 Å². The summed E-state index contributed by atoms with van der Waals surface area (Å²) in [4.78, 5) is 52.0. The maximum atomic E-state index is 14.5. The molecule has 3 aromatic heterocycles. The number of carbonyl (C=O) groups excluding carboxylic acids is 1. The molecule has 1 unspecified atom stereocenters. The van der Waals surface area contributed by atoms with Crippen molar-refractivity contribution >= 4 is 16.9 Å². The third kappa shape index (κ3) is 6.18. The van der Waals surface area contributed by atoms with Crippen molar-refractivity contribution in [2.45, 2.75) is 89.2 Å². The lowest BCUT2D eigenvalue weighted by Gasteiger charge is -2.30. The number of benzene rings is 2. The van der Waals surface area contributed by atoms with Gasteiger partial charge in [0.1, 0.15) is 23.6 Å². The Labute approximate surface area is 288 Å². The third-order valence-electron chi connectivity index (χ3n) is 10.5. The average Bonchev–Trinajstić information content (AvgIpc) is 3.76. The van der Waals surface area contributed by atoms with Gasteiger partial charge < -0.3 is 15.0 Å². The van der Waals surface area contributed by atoms with Crippen LogP contribution >= 0.6 is 0 Å². The minimum absolute atomic E-state index is 0.0302. The van der Waals surface area contributed by atoms with E-state index in [1.807, 2.05) is 48.7 Å². The molecule has 2 aromatic carbocycles. The lowest BCUT2D eigenvalue weighted by molar-refractivity contribution is 0.0328. The first-order valence-corrected chi connectivity index (χ1v) is 17.6. The minimum Gasteiger partial charge on any atom is -0.378 e. The maximum absolute atomic E-state index is 14.5. The van der Waals surface area contributed by atoms with Gasteiger partial charge in [-0.05, 0) is 86.3 Å². The van der Waals surface area contributed by atoms with Gasteiger partial charge in [-0.3, -0.25) is 19.1 Å². The van der Waals surface area contributed by atoms with Crippen LogP contribution < -0.4 is 16.6 Å². The zero-order chi connectivity index (χ0) is 34.4. The third-order valence-corrected chi connectivity index (χ3v) is 10.5. The average molecular weight is 678 g/mol. The summed E-state index contributed by atoms with van der Waals surface area (Å²) >= 11 is 0. The number of fused-ring (bicyclic) bond motifs is 2. The van der Waals surface area contributed by atoms with E-state index >= 15 is 0 Å². The Morgan fingerprint density at radius 3 is 2.52 bits per heavy atom. The molecule has 3 aliphatic rings. The number of nitrogens with one attached hydrogen (secondary N) is 1. The van der Waals surface area contributed by atoms with Gasteiger partial charge in [0.05, 0.1) is 17.3 Å². The van der Waals surface area contributed by atoms with E-state index in [4.69, 9.17) is 0 Å². The number of carbonyl (C=O) groups is 1. The Bertz CT molecular complexity index is 2160. The smallest absolute Gasteiger partial charge is 0.337 e. The van der Waals surface area contributed by atoms with Crippen molar-refractivity contribution in [2.24, 2.45) is 0 Å². The number of halogens is 1. The topological polar surface area (TPSA) is 127 Å². The van der Waals surface area contributed by atoms with Gasteiger partial charge in [0.2, 0.25) is 0 Å². The van der Waals surface area contributed by atoms with E-state index in [2.05, 4.69) is 24.8 Å². The fraction of sp³-hybridized carbons (Fsp3) is 0.395. The van der Waals surface area contributed by atoms with Crippen molar-refractivity contribution in [3.63, 3.8) is 0 Å². The van der Waals surface area contributed by atoms with Crippen LogP contribution in [-0.2, 0) is 19.5 Å². The number of nitrogens with zero attached hydrogens (tertiary/aromatic N) is 6. The van der Waals surface area contributed by atoms with E-state index in [0.717, 1.165) is 80.0 Å². The van der Waals surface area contributed by atoms with Gasteiger partial charge in [0.15, 0.2) is 5.65 Å². The summed E-state index contributed by atoms with van der Waals surface area (Å²) in [6.07, 6.45) is 9.40. The number of aryl methyl sites for hydroxylation is 2. The first-order valence-electron chi connectivity index (χ1n) is 17.6. The Hall–Kier alpha value is -4.94. The number of aromatic nitrogens is 5. The second-order valence-corrected chi connectivity index (χ2v) is 13.8. The van der Waals surface area contributed by atoms with Crippen molar-refractivity contribution in [1.82, 2.24) is 33.9 Å². The first-order chi connectivity index (χ1) is 24.3. The first kappa shape index (κ1) is 32.3. The molecule has 258 valence electrons. The van der Waals surface area contributed by atoms with Crippen molar-refractivity contribution in [3.8, 4) is 16.8 Å². The van der Waals surface area contributed by atoms with Crippen LogP contribution in [0.3, 0.4) is 0 Å². The molecule has 1 saturated carbocycles. The zero-order valence-electron chi connectivity index (χ0n) is 27.8. The Morgan fingerprint density at radius 2 is 1.76 bits per heavy atom. The molecule has 1 saturated heterocycles. The Kier molecular flexibility index (Phi) is 8.65. The highest BCUT2D eigenvalue weighted by atomic mass is 19.1. The number of hydrogen-bond acceptors (Lipinski definition) is 7. The highest BCUT2D eigenvalue weighted by Crippen LogP contribution is 2.29. The van der Waals surface area contributed by atoms with Crippen LogP contribution in [-0.4, -0.2) is 58.4 Å². The Balaban J connectivity index is 1.06. The summed E-state index contributed by atoms with van der Waals surface area (Å²) in [7, 11) is 0. The molecule has 0 spiro atoms. The highest BCUT2D eigenvalue weighted by molar-refractivity contribution is 5.92. The zero-order valence-corrected chi connectivity index (χ0v) is 27.8. The van der Waals surface area contributed by atoms with Crippen LogP contribution in [0.5, 0.6) is 0 Å². The number of likely N-dealkylation sites (tertiary alicyclic amines) is 1. The molecule has 2 aliphatic heterocycles. The summed E-state index contributed by atoms with van der Waals surface area (Å²) in [6, 6.07) is 16.2. The molecule has 2 fully saturated rings. The number of aliphatic hydroxyl groups is 1. The van der Waals surface area contributed by atoms with Crippen LogP contribution in [0.15, 0.2) is 76.6 Å². The molecule has 1 atom stereocenters. The van der Waals surface area contributed by atoms with E-state index in [1.165, 1.54) is 9.13 Å². The lowest BCUT2D eigenvalue weighted by atomic mass is 9.90. The molecule has 12 heteroatoms. The fourth-order valence-electron chi connectivity index (χ4n) is 7.85. The Morgan fingerprint density at radius 1 is 0.940 bits per heavy atom. The molecule has 0 bridgehead atoms. The summed E-state index contributed by atoms with van der Waals surface area (Å²) in [6.45, 7) is 2.42. The lowest BCUT2D eigenvalue weighted by Crippen LogP contribution is -2.45. The summed E-state index contributed by atoms with van der Waals surface area (Å²) in [5.41, 5.74) is 2.83. The molecule has 5 heterocycles. The van der Waals surface area contributed by atoms with Crippen LogP contribution in [0.1, 0.15) is 79.3 Å². The number of pyridine rings is 1. The number of hydrogen-bond donors (Lipinski definition) is 2. The quantitative estimate of drug-likeness (QED) is 0.256. The molecule has 2 N–H and O–H groups in total. The van der Waals surface area contributed by atoms with Gasteiger partial charge in [-0.15, -0.1) is 0 Å². The summed E-state index contributed by atoms with van der Waals surface area (Å²) < 4.78 is 19.2. The molecular weight excluding hydrogens is 637 g/mol. The normalized spacial score (nSPS) is 21.0. The van der Waals surface area contributed by atoms with Gasteiger partial charge >= 0.3 is 5.69 Å². The molecular formula is C38H40FN7O4. The number of amides is 1. The standard InChI is InChI=1S/C38H40FN7O4/c39-27-20-31-35(40-21-27)45(30-6-3-5-26(19-30)25-11-9-24(10-12-25)22-44-18-4-8-34(44)47)38(50)46(37(31)49)29-15-13-28(14-16-29)41-36(48)32-23-43-17-2-1-7-33(43)42-32/h3,5-6,9-12,19-21,23,28-29,34,47H,1-2,4,7-8,13-18,22H2,(H,41,48). The van der Waals surface area contributed by atoms with Crippen molar-refractivity contribution in [1.29, 1.82) is 0 Å². The summed E-state index contributed by atoms with van der Waals surface area (Å²) in [5, 5.41) is 13.3. The molecule has 8 rings (SSSR count). The second-order valence-electron chi connectivity index (χ2n) is 13.8. The highest BCUT2D eigenvalue weighted by Gasteiger charge is 2.29. The van der Waals surface area contributed by atoms with Crippen molar-refractivity contribution in [2.75, 3.05) is 6.54 Å². The summed E-state index contributed by atoms with van der Waals surface area (Å²) in [5.74, 6) is 0.0805. The minimum atomic E-state index is -0.658. The van der Waals surface area contributed by atoms with Crippen LogP contribution in [0.25, 0.3) is 27.8 Å². The molecule has 0 radical (unpaired) electrons. The van der Waals surface area contributed by atoms with E-state index in [-0.39, 0.29) is 23.0 Å². The monoisotopic (exact) mass is 677 g/mol. The predicted molar refractivity (Wildman–Crippen MR) is 187 cm³/mol. The second kappa shape index (κ2) is 13.4. The predicted octanol–water partition coefficient (Wildman–Crippen LogP) is 4.71. The van der Waals surface area contributed by atoms with Gasteiger partial charge in [0, 0.05) is 44.3 Å². The SMILES string of the molecule is O=C(NC1CCC(n2c(=O)c3cc(F)cnc3n(-c3cccc(-c4ccc(CN5CCCC5O)cc4)c3)c2=O)CC1)c1cn2c(n1)CCCC2. The van der Waals surface area contributed by atoms with E-state index in [9.17, 15) is 23.9 Å². The number of rotatable bonds is 7. The maximum Gasteiger partial charge on any atom is 0.337 e. The van der Waals surface area contributed by atoms with Crippen molar-refractivity contribution < 1.29 is 14.3 Å². The van der Waals surface area contributed by atoms with E-state index in [1.54, 1.807) is 6.07 Å². The molecule has 5 aromatic rings. The largest absolute Gasteiger partial charge is 0.378 e. The van der Waals surface area contributed by atoms with Crippen molar-refractivity contribution in [3.05, 3.63) is 111 Å². The van der Waals surface area contributed by atoms with Crippen LogP contribution in [0, 0.1) is 5.82 Å². The molecule has 50 heavy (non-hydrogen) atoms. The van der Waals surface area contributed by atoms with Gasteiger partial charge in [-0.2, -0.15) is 0 Å². The van der Waals surface area contributed by atoms with Gasteiger partial charge in [-0.25, -0.2) is 23.7 Å². The molecule has 1 amide bonds. The van der Waals surface area contributed by atoms with E-state index < -0.39 is 29.3 Å². The van der Waals surface area contributed by atoms with E-state index in [0.29, 0.717) is 43.6 Å². The molecule has 1 aliphatic carbocycles. The number of aliphatic hydroxyl groups excluding tert-OH is 1. The number of imidazole rings is 1. The van der Waals surface area contributed by atoms with Gasteiger partial charge in [0.25, 0.3) is 11.5 Å². The fourth-order valence-corrected chi connectivity index (χ4v) is 7.85.